The van der Waals surface area contributed by atoms with Crippen LogP contribution in [0.4, 0.5) is 0 Å². The number of halogens is 2. The summed E-state index contributed by atoms with van der Waals surface area (Å²) in [5, 5.41) is 0.548. The van der Waals surface area contributed by atoms with Crippen LogP contribution < -0.4 is 0 Å². The Morgan fingerprint density at radius 2 is 2.13 bits per heavy atom. The van der Waals surface area contributed by atoms with Crippen molar-refractivity contribution >= 4 is 34.2 Å². The van der Waals surface area contributed by atoms with E-state index in [1.54, 1.807) is 7.11 Å². The molecule has 1 aliphatic carbocycles. The van der Waals surface area contributed by atoms with Crippen LogP contribution in [0.1, 0.15) is 43.3 Å². The maximum Gasteiger partial charge on any atom is 0.158 e. The molecule has 1 saturated carbocycles. The molecule has 0 spiro atoms. The third kappa shape index (κ3) is 2.42. The number of hydrogen-bond acceptors (Lipinski definition) is 3. The first-order valence-corrected chi connectivity index (χ1v) is 6.34. The van der Waals surface area contributed by atoms with Crippen LogP contribution in [-0.2, 0) is 4.74 Å². The zero-order valence-corrected chi connectivity index (χ0v) is 11.5. The fourth-order valence-electron chi connectivity index (χ4n) is 1.37. The Morgan fingerprint density at radius 3 is 2.67 bits per heavy atom. The van der Waals surface area contributed by atoms with E-state index < -0.39 is 0 Å². The van der Waals surface area contributed by atoms with Gasteiger partial charge in [-0.1, -0.05) is 11.6 Å². The van der Waals surface area contributed by atoms with Crippen LogP contribution in [0.25, 0.3) is 0 Å². The maximum absolute atomic E-state index is 6.08. The van der Waals surface area contributed by atoms with Gasteiger partial charge in [0.25, 0.3) is 0 Å². The first kappa shape index (κ1) is 11.5. The van der Waals surface area contributed by atoms with E-state index in [1.807, 2.05) is 6.92 Å². The Hall–Kier alpha value is 0.0600. The van der Waals surface area contributed by atoms with Gasteiger partial charge in [-0.05, 0) is 42.4 Å². The highest BCUT2D eigenvalue weighted by Gasteiger charge is 2.29. The van der Waals surface area contributed by atoms with E-state index in [0.29, 0.717) is 16.9 Å². The molecule has 0 saturated heterocycles. The summed E-state index contributed by atoms with van der Waals surface area (Å²) in [6.45, 7) is 1.93. The molecule has 2 rings (SSSR count). The second-order valence-electron chi connectivity index (χ2n) is 3.72. The Balaban J connectivity index is 2.41. The molecule has 0 radical (unpaired) electrons. The third-order valence-electron chi connectivity index (χ3n) is 2.53. The number of nitrogens with zero attached hydrogens (tertiary/aromatic N) is 2. The summed E-state index contributed by atoms with van der Waals surface area (Å²) in [4.78, 5) is 8.77. The topological polar surface area (TPSA) is 35.0 Å². The molecular formula is C10H12ClIN2O. The predicted octanol–water partition coefficient (Wildman–Crippen LogP) is 3.32. The Labute approximate surface area is 108 Å². The van der Waals surface area contributed by atoms with Gasteiger partial charge in [-0.3, -0.25) is 0 Å². The Bertz CT molecular complexity index is 382. The van der Waals surface area contributed by atoms with Crippen molar-refractivity contribution in [1.82, 2.24) is 9.97 Å². The van der Waals surface area contributed by atoms with E-state index in [9.17, 15) is 0 Å². The molecule has 0 N–H and O–H groups in total. The lowest BCUT2D eigenvalue weighted by Gasteiger charge is -2.11. The molecule has 0 aliphatic heterocycles. The number of ether oxygens (including phenoxy) is 1. The summed E-state index contributed by atoms with van der Waals surface area (Å²) in [5.74, 6) is 1.27. The quantitative estimate of drug-likeness (QED) is 0.626. The number of hydrogen-bond donors (Lipinski definition) is 0. The minimum atomic E-state index is -0.1000. The van der Waals surface area contributed by atoms with Gasteiger partial charge in [-0.25, -0.2) is 9.97 Å². The van der Waals surface area contributed by atoms with Gasteiger partial charge in [0.1, 0.15) is 11.3 Å². The van der Waals surface area contributed by atoms with Crippen LogP contribution in [0.2, 0.25) is 5.15 Å². The lowest BCUT2D eigenvalue weighted by atomic mass is 10.2. The highest BCUT2D eigenvalue weighted by atomic mass is 127. The lowest BCUT2D eigenvalue weighted by Crippen LogP contribution is -2.07. The van der Waals surface area contributed by atoms with Gasteiger partial charge in [0.05, 0.1) is 9.26 Å². The standard InChI is InChI=1S/C10H12ClIN2O/c1-5(15-2)10-13-8(6-3-4-6)7(12)9(11)14-10/h5-6H,3-4H2,1-2H3. The molecule has 15 heavy (non-hydrogen) atoms. The average Bonchev–Trinajstić information content (AvgIpc) is 3.04. The molecule has 1 atom stereocenters. The van der Waals surface area contributed by atoms with Gasteiger partial charge in [0.2, 0.25) is 0 Å². The summed E-state index contributed by atoms with van der Waals surface area (Å²) in [5.41, 5.74) is 1.09. The van der Waals surface area contributed by atoms with E-state index >= 15 is 0 Å². The second kappa shape index (κ2) is 4.51. The van der Waals surface area contributed by atoms with E-state index in [4.69, 9.17) is 16.3 Å². The molecule has 0 bridgehead atoms. The first-order chi connectivity index (χ1) is 7.13. The van der Waals surface area contributed by atoms with Crippen molar-refractivity contribution < 1.29 is 4.74 Å². The average molecular weight is 339 g/mol. The SMILES string of the molecule is COC(C)c1nc(Cl)c(I)c(C2CC2)n1. The predicted molar refractivity (Wildman–Crippen MR) is 67.2 cm³/mol. The molecule has 0 amide bonds. The number of rotatable bonds is 3. The fraction of sp³-hybridized carbons (Fsp3) is 0.600. The summed E-state index contributed by atoms with van der Waals surface area (Å²) in [6.07, 6.45) is 2.32. The minimum absolute atomic E-state index is 0.1000. The molecule has 1 unspecified atom stereocenters. The van der Waals surface area contributed by atoms with Crippen LogP contribution in [0.15, 0.2) is 0 Å². The van der Waals surface area contributed by atoms with Crippen molar-refractivity contribution in [3.05, 3.63) is 20.2 Å². The second-order valence-corrected chi connectivity index (χ2v) is 5.16. The molecule has 1 aliphatic rings. The Kier molecular flexibility index (Phi) is 3.47. The summed E-state index contributed by atoms with van der Waals surface area (Å²) >= 11 is 8.29. The molecule has 1 aromatic heterocycles. The normalized spacial score (nSPS) is 17.9. The van der Waals surface area contributed by atoms with Gasteiger partial charge < -0.3 is 4.74 Å². The van der Waals surface area contributed by atoms with Crippen molar-refractivity contribution in [2.75, 3.05) is 7.11 Å². The lowest BCUT2D eigenvalue weighted by molar-refractivity contribution is 0.112. The first-order valence-electron chi connectivity index (χ1n) is 4.89. The summed E-state index contributed by atoms with van der Waals surface area (Å²) < 4.78 is 6.19. The van der Waals surface area contributed by atoms with Gasteiger partial charge in [0, 0.05) is 13.0 Å². The van der Waals surface area contributed by atoms with E-state index in [2.05, 4.69) is 32.6 Å². The van der Waals surface area contributed by atoms with Crippen molar-refractivity contribution in [2.45, 2.75) is 31.8 Å². The monoisotopic (exact) mass is 338 g/mol. The van der Waals surface area contributed by atoms with Crippen LogP contribution in [0.3, 0.4) is 0 Å². The number of methoxy groups -OCH3 is 1. The van der Waals surface area contributed by atoms with Gasteiger partial charge in [-0.15, -0.1) is 0 Å². The van der Waals surface area contributed by atoms with E-state index in [1.165, 1.54) is 12.8 Å². The van der Waals surface area contributed by atoms with Gasteiger partial charge in [-0.2, -0.15) is 0 Å². The molecular weight excluding hydrogens is 326 g/mol. The largest absolute Gasteiger partial charge is 0.374 e. The van der Waals surface area contributed by atoms with Crippen molar-refractivity contribution in [2.24, 2.45) is 0 Å². The van der Waals surface area contributed by atoms with E-state index in [-0.39, 0.29) is 6.10 Å². The van der Waals surface area contributed by atoms with Crippen molar-refractivity contribution in [3.63, 3.8) is 0 Å². The zero-order valence-electron chi connectivity index (χ0n) is 8.63. The molecule has 1 heterocycles. The summed E-state index contributed by atoms with van der Waals surface area (Å²) in [7, 11) is 1.65. The smallest absolute Gasteiger partial charge is 0.158 e. The Morgan fingerprint density at radius 1 is 1.47 bits per heavy atom. The van der Waals surface area contributed by atoms with Crippen LogP contribution in [0.5, 0.6) is 0 Å². The summed E-state index contributed by atoms with van der Waals surface area (Å²) in [6, 6.07) is 0. The molecule has 3 nitrogen and oxygen atoms in total. The van der Waals surface area contributed by atoms with Crippen LogP contribution in [-0.4, -0.2) is 17.1 Å². The van der Waals surface area contributed by atoms with Crippen LogP contribution >= 0.6 is 34.2 Å². The molecule has 1 aromatic rings. The van der Waals surface area contributed by atoms with Gasteiger partial charge >= 0.3 is 0 Å². The van der Waals surface area contributed by atoms with Crippen molar-refractivity contribution in [1.29, 1.82) is 0 Å². The highest BCUT2D eigenvalue weighted by Crippen LogP contribution is 2.42. The maximum atomic E-state index is 6.08. The van der Waals surface area contributed by atoms with Crippen LogP contribution in [0, 0.1) is 3.57 Å². The van der Waals surface area contributed by atoms with E-state index in [0.717, 1.165) is 9.26 Å². The number of aromatic nitrogens is 2. The molecule has 0 aromatic carbocycles. The minimum Gasteiger partial charge on any atom is -0.374 e. The third-order valence-corrected chi connectivity index (χ3v) is 4.19. The molecule has 5 heteroatoms. The van der Waals surface area contributed by atoms with Gasteiger partial charge in [0.15, 0.2) is 5.82 Å². The molecule has 1 fully saturated rings. The van der Waals surface area contributed by atoms with Crippen molar-refractivity contribution in [3.8, 4) is 0 Å². The highest BCUT2D eigenvalue weighted by molar-refractivity contribution is 14.1. The fourth-order valence-corrected chi connectivity index (χ4v) is 2.23. The molecule has 82 valence electrons. The zero-order chi connectivity index (χ0) is 11.0.